The molecule has 0 aromatic heterocycles. The van der Waals surface area contributed by atoms with Gasteiger partial charge in [0.2, 0.25) is 5.91 Å². The molecule has 92 valence electrons. The highest BCUT2D eigenvalue weighted by atomic mass is 16.5. The van der Waals surface area contributed by atoms with Gasteiger partial charge in [-0.3, -0.25) is 4.79 Å². The van der Waals surface area contributed by atoms with Gasteiger partial charge in [0.05, 0.1) is 6.42 Å². The van der Waals surface area contributed by atoms with E-state index in [0.29, 0.717) is 26.1 Å². The third kappa shape index (κ3) is 5.17. The van der Waals surface area contributed by atoms with Gasteiger partial charge in [-0.2, -0.15) is 0 Å². The van der Waals surface area contributed by atoms with Crippen molar-refractivity contribution in [2.24, 2.45) is 5.73 Å². The summed E-state index contributed by atoms with van der Waals surface area (Å²) >= 11 is 0. The second-order valence-corrected chi connectivity index (χ2v) is 3.55. The Hall–Kier alpha value is -1.81. The monoisotopic (exact) mass is 234 g/mol. The summed E-state index contributed by atoms with van der Waals surface area (Å²) in [5.41, 5.74) is 6.28. The fourth-order valence-electron chi connectivity index (χ4n) is 1.31. The van der Waals surface area contributed by atoms with Crippen molar-refractivity contribution in [3.8, 4) is 5.75 Å². The number of nitrogens with two attached hydrogens (primary N) is 1. The second-order valence-electron chi connectivity index (χ2n) is 3.55. The molecular formula is C13H18N2O2. The molecule has 0 aliphatic rings. The Morgan fingerprint density at radius 1 is 1.41 bits per heavy atom. The van der Waals surface area contributed by atoms with Crippen LogP contribution in [0.15, 0.2) is 36.9 Å². The minimum atomic E-state index is -0.0134. The average molecular weight is 234 g/mol. The largest absolute Gasteiger partial charge is 0.492 e. The first-order valence-corrected chi connectivity index (χ1v) is 5.55. The average Bonchev–Trinajstić information content (AvgIpc) is 2.35. The van der Waals surface area contributed by atoms with Crippen LogP contribution in [0.4, 0.5) is 0 Å². The molecule has 0 heterocycles. The minimum Gasteiger partial charge on any atom is -0.492 e. The maximum Gasteiger partial charge on any atom is 0.224 e. The van der Waals surface area contributed by atoms with Crippen LogP contribution in [0.25, 0.3) is 0 Å². The van der Waals surface area contributed by atoms with Crippen molar-refractivity contribution in [1.29, 1.82) is 0 Å². The van der Waals surface area contributed by atoms with Gasteiger partial charge >= 0.3 is 0 Å². The van der Waals surface area contributed by atoms with E-state index in [9.17, 15) is 4.79 Å². The Labute approximate surface area is 101 Å². The van der Waals surface area contributed by atoms with Crippen LogP contribution in [0, 0.1) is 0 Å². The molecule has 0 atom stereocenters. The Kier molecular flexibility index (Phi) is 5.82. The third-order valence-electron chi connectivity index (χ3n) is 2.12. The molecule has 0 unspecified atom stereocenters. The number of carbonyl (C=O) groups excluding carboxylic acids is 1. The van der Waals surface area contributed by atoms with E-state index in [1.54, 1.807) is 6.08 Å². The summed E-state index contributed by atoms with van der Waals surface area (Å²) in [5, 5.41) is 2.72. The summed E-state index contributed by atoms with van der Waals surface area (Å²) < 4.78 is 5.34. The molecule has 0 aliphatic carbocycles. The minimum absolute atomic E-state index is 0.0134. The molecule has 0 spiro atoms. The van der Waals surface area contributed by atoms with Gasteiger partial charge in [0.15, 0.2) is 0 Å². The van der Waals surface area contributed by atoms with E-state index >= 15 is 0 Å². The topological polar surface area (TPSA) is 64.3 Å². The SMILES string of the molecule is C=CCNC(=O)Cc1ccc(OCCN)cc1. The van der Waals surface area contributed by atoms with E-state index in [4.69, 9.17) is 10.5 Å². The van der Waals surface area contributed by atoms with Crippen molar-refractivity contribution in [2.75, 3.05) is 19.7 Å². The zero-order valence-corrected chi connectivity index (χ0v) is 9.82. The van der Waals surface area contributed by atoms with Crippen molar-refractivity contribution in [3.05, 3.63) is 42.5 Å². The van der Waals surface area contributed by atoms with E-state index in [2.05, 4.69) is 11.9 Å². The van der Waals surface area contributed by atoms with Gasteiger partial charge in [-0.15, -0.1) is 6.58 Å². The van der Waals surface area contributed by atoms with Crippen LogP contribution in [0.3, 0.4) is 0 Å². The molecule has 3 N–H and O–H groups in total. The first-order chi connectivity index (χ1) is 8.26. The quantitative estimate of drug-likeness (QED) is 0.688. The number of hydrogen-bond donors (Lipinski definition) is 2. The van der Waals surface area contributed by atoms with E-state index in [1.807, 2.05) is 24.3 Å². The van der Waals surface area contributed by atoms with Gasteiger partial charge in [-0.25, -0.2) is 0 Å². The number of amides is 1. The Morgan fingerprint density at radius 3 is 2.71 bits per heavy atom. The lowest BCUT2D eigenvalue weighted by Gasteiger charge is -2.06. The molecule has 4 nitrogen and oxygen atoms in total. The zero-order chi connectivity index (χ0) is 12.5. The normalized spacial score (nSPS) is 9.71. The molecule has 0 saturated heterocycles. The van der Waals surface area contributed by atoms with Crippen LogP contribution >= 0.6 is 0 Å². The molecule has 0 fully saturated rings. The van der Waals surface area contributed by atoms with Crippen LogP contribution in [-0.2, 0) is 11.2 Å². The van der Waals surface area contributed by atoms with E-state index in [-0.39, 0.29) is 5.91 Å². The molecule has 4 heteroatoms. The fourth-order valence-corrected chi connectivity index (χ4v) is 1.31. The number of benzene rings is 1. The first kappa shape index (κ1) is 13.3. The zero-order valence-electron chi connectivity index (χ0n) is 9.82. The van der Waals surface area contributed by atoms with Gasteiger partial charge in [0.25, 0.3) is 0 Å². The summed E-state index contributed by atoms with van der Waals surface area (Å²) in [6.45, 7) is 5.03. The van der Waals surface area contributed by atoms with Crippen molar-refractivity contribution in [1.82, 2.24) is 5.32 Å². The van der Waals surface area contributed by atoms with E-state index in [1.165, 1.54) is 0 Å². The molecule has 1 amide bonds. The van der Waals surface area contributed by atoms with Crippen LogP contribution in [0.2, 0.25) is 0 Å². The maximum atomic E-state index is 11.4. The molecule has 1 rings (SSSR count). The van der Waals surface area contributed by atoms with Gasteiger partial charge in [0, 0.05) is 13.1 Å². The smallest absolute Gasteiger partial charge is 0.224 e. The molecule has 0 radical (unpaired) electrons. The number of ether oxygens (including phenoxy) is 1. The summed E-state index contributed by atoms with van der Waals surface area (Å²) in [4.78, 5) is 11.4. The lowest BCUT2D eigenvalue weighted by Crippen LogP contribution is -2.24. The Balaban J connectivity index is 2.44. The van der Waals surface area contributed by atoms with Gasteiger partial charge in [-0.05, 0) is 17.7 Å². The summed E-state index contributed by atoms with van der Waals surface area (Å²) in [6.07, 6.45) is 2.02. The van der Waals surface area contributed by atoms with Crippen molar-refractivity contribution >= 4 is 5.91 Å². The second kappa shape index (κ2) is 7.46. The van der Waals surface area contributed by atoms with Crippen molar-refractivity contribution in [3.63, 3.8) is 0 Å². The van der Waals surface area contributed by atoms with E-state index < -0.39 is 0 Å². The van der Waals surface area contributed by atoms with Gasteiger partial charge < -0.3 is 15.8 Å². The fraction of sp³-hybridized carbons (Fsp3) is 0.308. The summed E-state index contributed by atoms with van der Waals surface area (Å²) in [5.74, 6) is 0.756. The predicted octanol–water partition coefficient (Wildman–Crippen LogP) is 0.869. The van der Waals surface area contributed by atoms with Crippen LogP contribution in [-0.4, -0.2) is 25.6 Å². The van der Waals surface area contributed by atoms with Gasteiger partial charge in [-0.1, -0.05) is 18.2 Å². The number of rotatable bonds is 7. The standard InChI is InChI=1S/C13H18N2O2/c1-2-8-15-13(16)10-11-3-5-12(6-4-11)17-9-7-14/h2-6H,1,7-10,14H2,(H,15,16). The van der Waals surface area contributed by atoms with Crippen molar-refractivity contribution in [2.45, 2.75) is 6.42 Å². The van der Waals surface area contributed by atoms with Crippen LogP contribution in [0.1, 0.15) is 5.56 Å². The highest BCUT2D eigenvalue weighted by Gasteiger charge is 2.02. The molecule has 0 bridgehead atoms. The lowest BCUT2D eigenvalue weighted by atomic mass is 10.1. The summed E-state index contributed by atoms with van der Waals surface area (Å²) in [7, 11) is 0. The molecular weight excluding hydrogens is 216 g/mol. The van der Waals surface area contributed by atoms with Crippen LogP contribution in [0.5, 0.6) is 5.75 Å². The molecule has 1 aromatic carbocycles. The molecule has 1 aromatic rings. The van der Waals surface area contributed by atoms with Gasteiger partial charge in [0.1, 0.15) is 12.4 Å². The Morgan fingerprint density at radius 2 is 2.12 bits per heavy atom. The predicted molar refractivity (Wildman–Crippen MR) is 67.9 cm³/mol. The summed E-state index contributed by atoms with van der Waals surface area (Å²) in [6, 6.07) is 7.43. The highest BCUT2D eigenvalue weighted by Crippen LogP contribution is 2.12. The first-order valence-electron chi connectivity index (χ1n) is 5.55. The van der Waals surface area contributed by atoms with E-state index in [0.717, 1.165) is 11.3 Å². The molecule has 0 aliphatic heterocycles. The lowest BCUT2D eigenvalue weighted by molar-refractivity contribution is -0.120. The third-order valence-corrected chi connectivity index (χ3v) is 2.12. The number of nitrogens with one attached hydrogen (secondary N) is 1. The molecule has 17 heavy (non-hydrogen) atoms. The Bertz CT molecular complexity index is 360. The van der Waals surface area contributed by atoms with Crippen molar-refractivity contribution < 1.29 is 9.53 Å². The number of hydrogen-bond acceptors (Lipinski definition) is 3. The molecule has 0 saturated carbocycles. The number of carbonyl (C=O) groups is 1. The maximum absolute atomic E-state index is 11.4. The highest BCUT2D eigenvalue weighted by molar-refractivity contribution is 5.78. The van der Waals surface area contributed by atoms with Crippen LogP contribution < -0.4 is 15.8 Å².